The molecule has 2 aromatic rings. The molecule has 1 heterocycles. The van der Waals surface area contributed by atoms with Crippen LogP contribution < -0.4 is 14.8 Å². The molecule has 0 aliphatic carbocycles. The number of nitrogens with one attached hydrogen (secondary N) is 1. The number of nitrogens with zero attached hydrogens (tertiary/aromatic N) is 1. The molecule has 8 nitrogen and oxygen atoms in total. The predicted molar refractivity (Wildman–Crippen MR) is 132 cm³/mol. The Hall–Kier alpha value is -3.55. The van der Waals surface area contributed by atoms with Crippen molar-refractivity contribution in [1.29, 1.82) is 0 Å². The molecule has 35 heavy (non-hydrogen) atoms. The summed E-state index contributed by atoms with van der Waals surface area (Å²) in [6.07, 6.45) is 1.72. The Bertz CT molecular complexity index is 1060. The quantitative estimate of drug-likeness (QED) is 0.396. The SMILES string of the molecule is CC[C@H](C)C(=O)N[C@@H]1CCCN1C(=O)[C@H](Cc1ccccc1)C(=O)c1c(O)cc(OC)cc1OC. The molecular weight excluding hydrogens is 448 g/mol. The topological polar surface area (TPSA) is 105 Å². The first-order chi connectivity index (χ1) is 16.8. The Morgan fingerprint density at radius 2 is 1.86 bits per heavy atom. The van der Waals surface area contributed by atoms with Crippen molar-refractivity contribution in [2.75, 3.05) is 20.8 Å². The zero-order valence-electron chi connectivity index (χ0n) is 20.7. The van der Waals surface area contributed by atoms with Crippen molar-refractivity contribution in [2.24, 2.45) is 11.8 Å². The van der Waals surface area contributed by atoms with Gasteiger partial charge in [0.2, 0.25) is 11.8 Å². The highest BCUT2D eigenvalue weighted by Crippen LogP contribution is 2.36. The second-order valence-electron chi connectivity index (χ2n) is 8.84. The van der Waals surface area contributed by atoms with E-state index < -0.39 is 17.9 Å². The second-order valence-corrected chi connectivity index (χ2v) is 8.84. The molecule has 1 aliphatic rings. The van der Waals surface area contributed by atoms with Crippen molar-refractivity contribution in [1.82, 2.24) is 10.2 Å². The minimum atomic E-state index is -1.10. The maximum Gasteiger partial charge on any atom is 0.235 e. The maximum atomic E-state index is 13.8. The Labute approximate surface area is 206 Å². The highest BCUT2D eigenvalue weighted by Gasteiger charge is 2.39. The van der Waals surface area contributed by atoms with Gasteiger partial charge in [0.1, 0.15) is 34.9 Å². The highest BCUT2D eigenvalue weighted by atomic mass is 16.5. The van der Waals surface area contributed by atoms with E-state index in [1.54, 1.807) is 4.90 Å². The van der Waals surface area contributed by atoms with Gasteiger partial charge in [-0.3, -0.25) is 14.4 Å². The third kappa shape index (κ3) is 5.93. The number of hydrogen-bond donors (Lipinski definition) is 2. The summed E-state index contributed by atoms with van der Waals surface area (Å²) in [5, 5.41) is 13.6. The van der Waals surface area contributed by atoms with Crippen molar-refractivity contribution in [3.8, 4) is 17.2 Å². The van der Waals surface area contributed by atoms with Crippen LogP contribution in [0.4, 0.5) is 0 Å². The first-order valence-electron chi connectivity index (χ1n) is 11.9. The lowest BCUT2D eigenvalue weighted by Gasteiger charge is -2.30. The summed E-state index contributed by atoms with van der Waals surface area (Å²) in [5.41, 5.74) is 0.743. The number of ketones is 1. The van der Waals surface area contributed by atoms with E-state index in [0.29, 0.717) is 25.1 Å². The van der Waals surface area contributed by atoms with Crippen LogP contribution in [0.15, 0.2) is 42.5 Å². The van der Waals surface area contributed by atoms with Crippen LogP contribution in [0.2, 0.25) is 0 Å². The number of rotatable bonds is 10. The van der Waals surface area contributed by atoms with Crippen molar-refractivity contribution < 1.29 is 29.0 Å². The van der Waals surface area contributed by atoms with Crippen molar-refractivity contribution >= 4 is 17.6 Å². The van der Waals surface area contributed by atoms with E-state index in [0.717, 1.165) is 12.0 Å². The van der Waals surface area contributed by atoms with Crippen LogP contribution in [0.25, 0.3) is 0 Å². The molecule has 0 spiro atoms. The number of amides is 2. The molecule has 188 valence electrons. The summed E-state index contributed by atoms with van der Waals surface area (Å²) in [5.74, 6) is -2.19. The Morgan fingerprint density at radius 3 is 2.49 bits per heavy atom. The summed E-state index contributed by atoms with van der Waals surface area (Å²) in [6, 6.07) is 12.1. The van der Waals surface area contributed by atoms with Crippen LogP contribution in [0.3, 0.4) is 0 Å². The van der Waals surface area contributed by atoms with Crippen molar-refractivity contribution in [3.63, 3.8) is 0 Å². The summed E-state index contributed by atoms with van der Waals surface area (Å²) in [6.45, 7) is 4.22. The third-order valence-electron chi connectivity index (χ3n) is 6.56. The predicted octanol–water partition coefficient (Wildman–Crippen LogP) is 3.56. The molecule has 0 unspecified atom stereocenters. The Kier molecular flexibility index (Phi) is 8.73. The molecule has 1 saturated heterocycles. The lowest BCUT2D eigenvalue weighted by Crippen LogP contribution is -2.51. The fourth-order valence-electron chi connectivity index (χ4n) is 4.29. The number of carbonyl (C=O) groups excluding carboxylic acids is 3. The molecule has 1 aliphatic heterocycles. The monoisotopic (exact) mass is 482 g/mol. The fraction of sp³-hybridized carbons (Fsp3) is 0.444. The lowest BCUT2D eigenvalue weighted by molar-refractivity contribution is -0.137. The average Bonchev–Trinajstić information content (AvgIpc) is 3.33. The van der Waals surface area contributed by atoms with Crippen LogP contribution >= 0.6 is 0 Å². The number of aromatic hydroxyl groups is 1. The first kappa shape index (κ1) is 26.1. The van der Waals surface area contributed by atoms with Crippen molar-refractivity contribution in [3.05, 3.63) is 53.6 Å². The third-order valence-corrected chi connectivity index (χ3v) is 6.56. The summed E-state index contributed by atoms with van der Waals surface area (Å²) >= 11 is 0. The fourth-order valence-corrected chi connectivity index (χ4v) is 4.29. The van der Waals surface area contributed by atoms with Crippen LogP contribution in [0.5, 0.6) is 17.2 Å². The molecule has 0 radical (unpaired) electrons. The van der Waals surface area contributed by atoms with Gasteiger partial charge in [-0.15, -0.1) is 0 Å². The van der Waals surface area contributed by atoms with Gasteiger partial charge < -0.3 is 24.8 Å². The minimum Gasteiger partial charge on any atom is -0.507 e. The molecule has 2 N–H and O–H groups in total. The minimum absolute atomic E-state index is 0.0676. The summed E-state index contributed by atoms with van der Waals surface area (Å²) in [4.78, 5) is 41.8. The maximum absolute atomic E-state index is 13.8. The number of methoxy groups -OCH3 is 2. The van der Waals surface area contributed by atoms with Crippen LogP contribution in [0.1, 0.15) is 49.0 Å². The molecule has 2 amide bonds. The van der Waals surface area contributed by atoms with Gasteiger partial charge in [0.15, 0.2) is 5.78 Å². The number of phenols is 1. The molecule has 1 fully saturated rings. The molecule has 0 aromatic heterocycles. The number of Topliss-reactive ketones (excluding diaryl/α,β-unsaturated/α-hetero) is 1. The standard InChI is InChI=1S/C27H34N2O6/c1-5-17(2)26(32)28-23-12-9-13-29(23)27(33)20(14-18-10-7-6-8-11-18)25(31)24-21(30)15-19(34-3)16-22(24)35-4/h6-8,10-11,15-17,20,23,30H,5,9,12-14H2,1-4H3,(H,28,32)/t17-,20+,23-/m0/s1. The molecule has 8 heteroatoms. The van der Waals surface area contributed by atoms with E-state index >= 15 is 0 Å². The van der Waals surface area contributed by atoms with Gasteiger partial charge in [-0.2, -0.15) is 0 Å². The second kappa shape index (κ2) is 11.7. The van der Waals surface area contributed by atoms with E-state index in [9.17, 15) is 19.5 Å². The highest BCUT2D eigenvalue weighted by molar-refractivity contribution is 6.13. The summed E-state index contributed by atoms with van der Waals surface area (Å²) < 4.78 is 10.5. The van der Waals surface area contributed by atoms with Gasteiger partial charge in [0, 0.05) is 24.6 Å². The average molecular weight is 483 g/mol. The summed E-state index contributed by atoms with van der Waals surface area (Å²) in [7, 11) is 2.83. The zero-order chi connectivity index (χ0) is 25.5. The van der Waals surface area contributed by atoms with E-state index in [4.69, 9.17) is 9.47 Å². The zero-order valence-corrected chi connectivity index (χ0v) is 20.7. The van der Waals surface area contributed by atoms with E-state index in [1.807, 2.05) is 44.2 Å². The number of hydrogen-bond acceptors (Lipinski definition) is 6. The van der Waals surface area contributed by atoms with Gasteiger partial charge in [0.25, 0.3) is 0 Å². The number of phenolic OH excluding ortho intramolecular Hbond substituents is 1. The van der Waals surface area contributed by atoms with Crippen LogP contribution in [-0.4, -0.2) is 54.5 Å². The van der Waals surface area contributed by atoms with E-state index in [2.05, 4.69) is 5.32 Å². The smallest absolute Gasteiger partial charge is 0.235 e. The molecule has 0 bridgehead atoms. The van der Waals surface area contributed by atoms with E-state index in [1.165, 1.54) is 26.4 Å². The largest absolute Gasteiger partial charge is 0.507 e. The Balaban J connectivity index is 1.97. The van der Waals surface area contributed by atoms with Gasteiger partial charge in [-0.1, -0.05) is 44.2 Å². The van der Waals surface area contributed by atoms with Crippen molar-refractivity contribution in [2.45, 2.75) is 45.7 Å². The van der Waals surface area contributed by atoms with Gasteiger partial charge in [-0.25, -0.2) is 0 Å². The van der Waals surface area contributed by atoms with Gasteiger partial charge in [-0.05, 0) is 31.2 Å². The number of likely N-dealkylation sites (tertiary alicyclic amines) is 1. The van der Waals surface area contributed by atoms with Crippen LogP contribution in [-0.2, 0) is 16.0 Å². The molecule has 3 rings (SSSR count). The number of benzene rings is 2. The molecule has 3 atom stereocenters. The molecular formula is C27H34N2O6. The van der Waals surface area contributed by atoms with Crippen LogP contribution in [0, 0.1) is 11.8 Å². The number of carbonyl (C=O) groups is 3. The Morgan fingerprint density at radius 1 is 1.14 bits per heavy atom. The number of ether oxygens (including phenoxy) is 2. The lowest BCUT2D eigenvalue weighted by atomic mass is 9.89. The van der Waals surface area contributed by atoms with E-state index in [-0.39, 0.29) is 41.2 Å². The molecule has 0 saturated carbocycles. The molecule has 2 aromatic carbocycles. The van der Waals surface area contributed by atoms with Gasteiger partial charge in [0.05, 0.1) is 14.2 Å². The first-order valence-corrected chi connectivity index (χ1v) is 11.9. The normalized spacial score (nSPS) is 16.9. The van der Waals surface area contributed by atoms with Gasteiger partial charge >= 0.3 is 0 Å².